The Balaban J connectivity index is 4.10. The van der Waals surface area contributed by atoms with Gasteiger partial charge in [-0.1, -0.05) is 192 Å². The molecule has 0 spiro atoms. The van der Waals surface area contributed by atoms with Crippen LogP contribution < -0.4 is 5.73 Å². The average Bonchev–Trinajstić information content (AvgIpc) is 3.32. The zero-order valence-corrected chi connectivity index (χ0v) is 42.7. The highest BCUT2D eigenvalue weighted by Crippen LogP contribution is 2.43. The number of carbonyl (C=O) groups excluding carboxylic acids is 2. The Morgan fingerprint density at radius 2 is 0.821 bits per heavy atom. The molecule has 2 atom stereocenters. The predicted molar refractivity (Wildman–Crippen MR) is 284 cm³/mol. The molecule has 3 N–H and O–H groups in total. The maximum atomic E-state index is 12.6. The normalized spacial score (nSPS) is 14.3. The SMILES string of the molecule is CC/C=C\C/C=C\C/C=C\C/C=C\C/C=C\C/C=C\C/C=C\C/C=C\C/C=C\C/C=C\CCCCCCC(=O)OC(COC(=O)CCCCCCC/C=C\CCCC)COP(=O)(O)OCCN. The molecule has 0 aromatic heterocycles. The fraction of sp³-hybridized carbons (Fsp3) is 0.579. The van der Waals surface area contributed by atoms with Crippen molar-refractivity contribution in [3.63, 3.8) is 0 Å². The molecule has 0 saturated heterocycles. The topological polar surface area (TPSA) is 134 Å². The first-order valence-corrected chi connectivity index (χ1v) is 27.2. The van der Waals surface area contributed by atoms with Crippen molar-refractivity contribution in [2.75, 3.05) is 26.4 Å². The number of carbonyl (C=O) groups is 2. The minimum Gasteiger partial charge on any atom is -0.462 e. The molecule has 378 valence electrons. The Labute approximate surface area is 408 Å². The highest BCUT2D eigenvalue weighted by atomic mass is 31.2. The average molecular weight is 950 g/mol. The molecule has 0 amide bonds. The molecule has 0 rings (SSSR count). The lowest BCUT2D eigenvalue weighted by Crippen LogP contribution is -2.29. The fourth-order valence-corrected chi connectivity index (χ4v) is 7.00. The van der Waals surface area contributed by atoms with Gasteiger partial charge in [-0.05, 0) is 109 Å². The second-order valence-corrected chi connectivity index (χ2v) is 17.8. The highest BCUT2D eigenvalue weighted by Gasteiger charge is 2.26. The van der Waals surface area contributed by atoms with E-state index in [9.17, 15) is 19.0 Å². The third kappa shape index (κ3) is 51.4. The number of phosphoric acid groups is 1. The summed E-state index contributed by atoms with van der Waals surface area (Å²) < 4.78 is 32.8. The van der Waals surface area contributed by atoms with Gasteiger partial charge in [0.05, 0.1) is 13.2 Å². The smallest absolute Gasteiger partial charge is 0.462 e. The molecule has 0 aliphatic rings. The number of esters is 2. The van der Waals surface area contributed by atoms with Gasteiger partial charge in [-0.25, -0.2) is 4.57 Å². The molecule has 0 aliphatic carbocycles. The highest BCUT2D eigenvalue weighted by molar-refractivity contribution is 7.47. The Kier molecular flexibility index (Phi) is 48.6. The fourth-order valence-electron chi connectivity index (χ4n) is 6.23. The van der Waals surface area contributed by atoms with Crippen LogP contribution in [0, 0.1) is 0 Å². The summed E-state index contributed by atoms with van der Waals surface area (Å²) in [5.74, 6) is -0.882. The van der Waals surface area contributed by atoms with E-state index in [1.54, 1.807) is 0 Å². The van der Waals surface area contributed by atoms with Crippen molar-refractivity contribution in [1.82, 2.24) is 0 Å². The van der Waals surface area contributed by atoms with Gasteiger partial charge in [0.25, 0.3) is 0 Å². The Morgan fingerprint density at radius 1 is 0.463 bits per heavy atom. The number of nitrogens with two attached hydrogens (primary N) is 1. The number of unbranched alkanes of at least 4 members (excludes halogenated alkanes) is 11. The maximum Gasteiger partial charge on any atom is 0.472 e. The van der Waals surface area contributed by atoms with Crippen molar-refractivity contribution in [1.29, 1.82) is 0 Å². The van der Waals surface area contributed by atoms with Crippen LogP contribution >= 0.6 is 7.82 Å². The minimum absolute atomic E-state index is 0.0406. The third-order valence-electron chi connectivity index (χ3n) is 10.0. The summed E-state index contributed by atoms with van der Waals surface area (Å²) in [7, 11) is -4.40. The van der Waals surface area contributed by atoms with Crippen molar-refractivity contribution in [2.24, 2.45) is 5.73 Å². The van der Waals surface area contributed by atoms with E-state index < -0.39 is 32.5 Å². The number of rotatable bonds is 46. The second kappa shape index (κ2) is 51.5. The zero-order chi connectivity index (χ0) is 48.8. The maximum absolute atomic E-state index is 12.6. The number of hydrogen-bond donors (Lipinski definition) is 2. The van der Waals surface area contributed by atoms with Crippen molar-refractivity contribution in [3.8, 4) is 0 Å². The van der Waals surface area contributed by atoms with Crippen LogP contribution in [0.5, 0.6) is 0 Å². The van der Waals surface area contributed by atoms with E-state index in [-0.39, 0.29) is 32.6 Å². The van der Waals surface area contributed by atoms with Gasteiger partial charge < -0.3 is 20.1 Å². The quantitative estimate of drug-likeness (QED) is 0.0265. The van der Waals surface area contributed by atoms with E-state index >= 15 is 0 Å². The van der Waals surface area contributed by atoms with E-state index in [1.807, 2.05) is 0 Å². The Bertz CT molecular complexity index is 1550. The van der Waals surface area contributed by atoms with Gasteiger partial charge in [0, 0.05) is 19.4 Å². The number of hydrogen-bond acceptors (Lipinski definition) is 8. The number of ether oxygens (including phenoxy) is 2. The lowest BCUT2D eigenvalue weighted by Gasteiger charge is -2.19. The van der Waals surface area contributed by atoms with Crippen molar-refractivity contribution in [2.45, 2.75) is 187 Å². The molecule has 0 saturated carbocycles. The minimum atomic E-state index is -4.40. The van der Waals surface area contributed by atoms with Crippen LogP contribution in [0.2, 0.25) is 0 Å². The molecule has 9 nitrogen and oxygen atoms in total. The zero-order valence-electron chi connectivity index (χ0n) is 41.8. The van der Waals surface area contributed by atoms with Gasteiger partial charge >= 0.3 is 19.8 Å². The van der Waals surface area contributed by atoms with E-state index in [4.69, 9.17) is 24.3 Å². The van der Waals surface area contributed by atoms with Gasteiger partial charge in [0.1, 0.15) is 6.61 Å². The van der Waals surface area contributed by atoms with Crippen molar-refractivity contribution in [3.05, 3.63) is 134 Å². The van der Waals surface area contributed by atoms with Crippen LogP contribution in [0.3, 0.4) is 0 Å². The lowest BCUT2D eigenvalue weighted by atomic mass is 10.1. The van der Waals surface area contributed by atoms with E-state index in [0.717, 1.165) is 128 Å². The molecule has 10 heteroatoms. The molecular formula is C57H92NO8P. The monoisotopic (exact) mass is 950 g/mol. The third-order valence-corrected chi connectivity index (χ3v) is 11.0. The Morgan fingerprint density at radius 3 is 1.24 bits per heavy atom. The first kappa shape index (κ1) is 63.1. The Hall–Kier alpha value is -3.85. The van der Waals surface area contributed by atoms with Gasteiger partial charge in [-0.15, -0.1) is 0 Å². The van der Waals surface area contributed by atoms with Crippen LogP contribution in [0.15, 0.2) is 134 Å². The summed E-state index contributed by atoms with van der Waals surface area (Å²) in [6.07, 6.45) is 72.2. The lowest BCUT2D eigenvalue weighted by molar-refractivity contribution is -0.161. The predicted octanol–water partition coefficient (Wildman–Crippen LogP) is 15.8. The molecule has 0 radical (unpaired) electrons. The summed E-state index contributed by atoms with van der Waals surface area (Å²) >= 11 is 0. The number of phosphoric ester groups is 1. The molecule has 0 fully saturated rings. The first-order chi connectivity index (χ1) is 32.8. The van der Waals surface area contributed by atoms with E-state index in [2.05, 4.69) is 148 Å². The summed E-state index contributed by atoms with van der Waals surface area (Å²) in [4.78, 5) is 34.9. The standard InChI is InChI=1S/C57H92NO8P/c1-3-5-7-9-11-13-15-16-17-18-19-20-21-22-23-24-25-26-27-28-29-30-31-32-33-34-35-36-37-38-40-42-44-46-48-50-57(60)66-55(54-65-67(61,62)64-52-51-58)53-63-56(59)49-47-45-43-41-39-14-12-10-8-6-4-2/h5,7,10-13,16-17,19-20,22-23,25-26,28-29,31-32,34-35,37-38,55H,3-4,6,8-9,14-15,18,21,24,27,30,33,36,39-54,58H2,1-2H3,(H,61,62)/b7-5-,12-10-,13-11-,17-16-,20-19-,23-22-,26-25-,29-28-,32-31-,35-34-,38-37-. The molecule has 0 aromatic rings. The van der Waals surface area contributed by atoms with E-state index in [0.29, 0.717) is 12.8 Å². The van der Waals surface area contributed by atoms with Crippen LogP contribution in [0.25, 0.3) is 0 Å². The van der Waals surface area contributed by atoms with Crippen LogP contribution in [-0.2, 0) is 32.7 Å². The summed E-state index contributed by atoms with van der Waals surface area (Å²) in [5, 5.41) is 0. The molecule has 67 heavy (non-hydrogen) atoms. The molecule has 0 aromatic carbocycles. The van der Waals surface area contributed by atoms with E-state index in [1.165, 1.54) is 12.8 Å². The first-order valence-electron chi connectivity index (χ1n) is 25.7. The van der Waals surface area contributed by atoms with Crippen molar-refractivity contribution < 1.29 is 37.6 Å². The number of allylic oxidation sites excluding steroid dienone is 22. The second-order valence-electron chi connectivity index (χ2n) is 16.3. The molecule has 0 heterocycles. The molecule has 2 unspecified atom stereocenters. The van der Waals surface area contributed by atoms with Crippen LogP contribution in [0.4, 0.5) is 0 Å². The summed E-state index contributed by atoms with van der Waals surface area (Å²) in [6, 6.07) is 0. The molecular weight excluding hydrogens is 858 g/mol. The van der Waals surface area contributed by atoms with Gasteiger partial charge in [-0.3, -0.25) is 18.6 Å². The van der Waals surface area contributed by atoms with Crippen molar-refractivity contribution >= 4 is 19.8 Å². The van der Waals surface area contributed by atoms with Gasteiger partial charge in [-0.2, -0.15) is 0 Å². The van der Waals surface area contributed by atoms with Gasteiger partial charge in [0.2, 0.25) is 0 Å². The summed E-state index contributed by atoms with van der Waals surface area (Å²) in [5.41, 5.74) is 5.35. The van der Waals surface area contributed by atoms with Gasteiger partial charge in [0.15, 0.2) is 6.10 Å². The molecule has 0 bridgehead atoms. The van der Waals surface area contributed by atoms with Crippen LogP contribution in [0.1, 0.15) is 181 Å². The van der Waals surface area contributed by atoms with Crippen LogP contribution in [-0.4, -0.2) is 49.3 Å². The molecule has 0 aliphatic heterocycles. The largest absolute Gasteiger partial charge is 0.472 e. The summed E-state index contributed by atoms with van der Waals surface area (Å²) in [6.45, 7) is 3.51.